The van der Waals surface area contributed by atoms with E-state index in [1.54, 1.807) is 0 Å². The zero-order valence-electron chi connectivity index (χ0n) is 6.61. The van der Waals surface area contributed by atoms with Gasteiger partial charge in [0.1, 0.15) is 0 Å². The van der Waals surface area contributed by atoms with Gasteiger partial charge in [-0.2, -0.15) is 13.2 Å². The Bertz CT molecular complexity index is 328. The van der Waals surface area contributed by atoms with Gasteiger partial charge in [-0.1, -0.05) is 0 Å². The maximum absolute atomic E-state index is 12.3. The summed E-state index contributed by atoms with van der Waals surface area (Å²) >= 11 is 1.50. The van der Waals surface area contributed by atoms with E-state index in [1.165, 1.54) is 34.7 Å². The molecule has 78 valence electrons. The highest BCUT2D eigenvalue weighted by molar-refractivity contribution is 14.1. The van der Waals surface area contributed by atoms with E-state index in [0.717, 1.165) is 0 Å². The lowest BCUT2D eigenvalue weighted by Gasteiger charge is -2.09. The molecule has 0 N–H and O–H groups in total. The zero-order chi connectivity index (χ0) is 10.8. The molecule has 0 fully saturated rings. The molecule has 0 saturated carbocycles. The maximum atomic E-state index is 12.3. The number of nitrogens with zero attached hydrogens (tertiary/aromatic N) is 1. The Hall–Kier alpha value is -0.600. The summed E-state index contributed by atoms with van der Waals surface area (Å²) in [6.07, 6.45) is -4.55. The van der Waals surface area contributed by atoms with Crippen LogP contribution in [0.5, 0.6) is 5.88 Å². The molecule has 0 bridgehead atoms. The third-order valence-electron chi connectivity index (χ3n) is 1.29. The van der Waals surface area contributed by atoms with Crippen LogP contribution in [0.4, 0.5) is 17.6 Å². The number of hydrogen-bond donors (Lipinski definition) is 0. The number of alkyl halides is 4. The monoisotopic (exact) mass is 321 g/mol. The number of halogens is 5. The molecule has 0 aliphatic carbocycles. The van der Waals surface area contributed by atoms with Gasteiger partial charge in [0.2, 0.25) is 12.7 Å². The van der Waals surface area contributed by atoms with Gasteiger partial charge in [-0.05, 0) is 28.7 Å². The Morgan fingerprint density at radius 3 is 2.50 bits per heavy atom. The van der Waals surface area contributed by atoms with E-state index in [2.05, 4.69) is 9.72 Å². The molecule has 0 atom stereocenters. The summed E-state index contributed by atoms with van der Waals surface area (Å²) in [5, 5.41) is 0. The molecule has 0 radical (unpaired) electrons. The second kappa shape index (κ2) is 4.28. The van der Waals surface area contributed by atoms with Crippen molar-refractivity contribution in [3.63, 3.8) is 0 Å². The lowest BCUT2D eigenvalue weighted by atomic mass is 10.3. The molecule has 7 heteroatoms. The highest BCUT2D eigenvalue weighted by Crippen LogP contribution is 2.32. The second-order valence-corrected chi connectivity index (χ2v) is 3.39. The average Bonchev–Trinajstić information content (AvgIpc) is 2.07. The predicted octanol–water partition coefficient (Wildman–Crippen LogP) is 3.01. The first-order valence-electron chi connectivity index (χ1n) is 3.37. The number of rotatable bonds is 2. The maximum Gasteiger partial charge on any atom is 0.434 e. The van der Waals surface area contributed by atoms with Crippen LogP contribution in [0.1, 0.15) is 5.69 Å². The number of pyridine rings is 1. The number of aromatic nitrogens is 1. The topological polar surface area (TPSA) is 22.1 Å². The molecule has 0 aliphatic rings. The molecule has 1 aromatic heterocycles. The van der Waals surface area contributed by atoms with Crippen molar-refractivity contribution in [3.05, 3.63) is 21.4 Å². The molecule has 1 aromatic rings. The van der Waals surface area contributed by atoms with Crippen molar-refractivity contribution in [2.45, 2.75) is 6.18 Å². The third-order valence-corrected chi connectivity index (χ3v) is 2.16. The van der Waals surface area contributed by atoms with Crippen LogP contribution in [0.2, 0.25) is 0 Å². The molecule has 14 heavy (non-hydrogen) atoms. The highest BCUT2D eigenvalue weighted by Gasteiger charge is 2.35. The highest BCUT2D eigenvalue weighted by atomic mass is 127. The Labute approximate surface area is 90.4 Å². The Kier molecular flexibility index (Phi) is 3.51. The van der Waals surface area contributed by atoms with Crippen LogP contribution in [0.25, 0.3) is 0 Å². The molecule has 0 spiro atoms. The van der Waals surface area contributed by atoms with E-state index in [4.69, 9.17) is 0 Å². The molecule has 1 heterocycles. The molecular weight excluding hydrogens is 317 g/mol. The minimum Gasteiger partial charge on any atom is -0.446 e. The van der Waals surface area contributed by atoms with Gasteiger partial charge in [-0.25, -0.2) is 9.37 Å². The van der Waals surface area contributed by atoms with Crippen molar-refractivity contribution in [1.29, 1.82) is 0 Å². The lowest BCUT2D eigenvalue weighted by molar-refractivity contribution is -0.142. The van der Waals surface area contributed by atoms with Gasteiger partial charge >= 0.3 is 6.18 Å². The summed E-state index contributed by atoms with van der Waals surface area (Å²) in [5.41, 5.74) is -1.07. The van der Waals surface area contributed by atoms with E-state index < -0.39 is 18.7 Å². The van der Waals surface area contributed by atoms with Gasteiger partial charge in [0, 0.05) is 9.64 Å². The fourth-order valence-corrected chi connectivity index (χ4v) is 1.37. The summed E-state index contributed by atoms with van der Waals surface area (Å²) in [5.74, 6) is -0.375. The van der Waals surface area contributed by atoms with Crippen LogP contribution >= 0.6 is 22.6 Å². The van der Waals surface area contributed by atoms with E-state index >= 15 is 0 Å². The van der Waals surface area contributed by atoms with Crippen LogP contribution in [0.3, 0.4) is 0 Å². The van der Waals surface area contributed by atoms with Crippen LogP contribution in [0.15, 0.2) is 12.1 Å². The summed E-state index contributed by atoms with van der Waals surface area (Å²) in [4.78, 5) is 3.14. The van der Waals surface area contributed by atoms with Crippen LogP contribution in [0, 0.1) is 3.57 Å². The van der Waals surface area contributed by atoms with Crippen LogP contribution < -0.4 is 4.74 Å². The van der Waals surface area contributed by atoms with Crippen LogP contribution in [-0.4, -0.2) is 11.8 Å². The minimum absolute atomic E-state index is 0.0543. The standard InChI is InChI=1S/C7H4F4INO/c8-3-14-5-2-1-4(12)6(13-5)7(9,10)11/h1-2H,3H2. The molecule has 0 aromatic carbocycles. The van der Waals surface area contributed by atoms with Crippen molar-refractivity contribution in [3.8, 4) is 5.88 Å². The van der Waals surface area contributed by atoms with Gasteiger partial charge < -0.3 is 4.74 Å². The summed E-state index contributed by atoms with van der Waals surface area (Å²) in [6.45, 7) is -1.20. The van der Waals surface area contributed by atoms with Crippen LogP contribution in [-0.2, 0) is 6.18 Å². The van der Waals surface area contributed by atoms with Gasteiger partial charge in [-0.3, -0.25) is 0 Å². The fourth-order valence-electron chi connectivity index (χ4n) is 0.759. The summed E-state index contributed by atoms with van der Waals surface area (Å²) in [7, 11) is 0. The molecule has 0 saturated heterocycles. The fraction of sp³-hybridized carbons (Fsp3) is 0.286. The quantitative estimate of drug-likeness (QED) is 0.617. The van der Waals surface area contributed by atoms with Crippen molar-refractivity contribution in [1.82, 2.24) is 4.98 Å². The minimum atomic E-state index is -4.55. The first-order chi connectivity index (χ1) is 6.45. The largest absolute Gasteiger partial charge is 0.446 e. The van der Waals surface area contributed by atoms with Gasteiger partial charge in [-0.15, -0.1) is 0 Å². The average molecular weight is 321 g/mol. The molecule has 0 amide bonds. The van der Waals surface area contributed by atoms with E-state index in [9.17, 15) is 17.6 Å². The van der Waals surface area contributed by atoms with Crippen molar-refractivity contribution >= 4 is 22.6 Å². The van der Waals surface area contributed by atoms with Gasteiger partial charge in [0.25, 0.3) is 0 Å². The SMILES string of the molecule is FCOc1ccc(I)c(C(F)(F)F)n1. The Balaban J connectivity index is 3.09. The molecular formula is C7H4F4INO. The number of ether oxygens (including phenoxy) is 1. The molecule has 0 aliphatic heterocycles. The normalized spacial score (nSPS) is 11.5. The lowest BCUT2D eigenvalue weighted by Crippen LogP contribution is -2.11. The predicted molar refractivity (Wildman–Crippen MR) is 48.6 cm³/mol. The molecule has 0 unspecified atom stereocenters. The van der Waals surface area contributed by atoms with E-state index in [1.807, 2.05) is 0 Å². The van der Waals surface area contributed by atoms with Crippen molar-refractivity contribution < 1.29 is 22.3 Å². The Morgan fingerprint density at radius 1 is 1.36 bits per heavy atom. The first-order valence-corrected chi connectivity index (χ1v) is 4.45. The molecule has 2 nitrogen and oxygen atoms in total. The second-order valence-electron chi connectivity index (χ2n) is 2.23. The third kappa shape index (κ3) is 2.69. The zero-order valence-corrected chi connectivity index (χ0v) is 8.76. The Morgan fingerprint density at radius 2 is 2.00 bits per heavy atom. The van der Waals surface area contributed by atoms with E-state index in [0.29, 0.717) is 0 Å². The smallest absolute Gasteiger partial charge is 0.434 e. The van der Waals surface area contributed by atoms with Crippen molar-refractivity contribution in [2.24, 2.45) is 0 Å². The van der Waals surface area contributed by atoms with Crippen molar-refractivity contribution in [2.75, 3.05) is 6.86 Å². The van der Waals surface area contributed by atoms with Gasteiger partial charge in [0.05, 0.1) is 0 Å². The van der Waals surface area contributed by atoms with Gasteiger partial charge in [0.15, 0.2) is 5.69 Å². The first kappa shape index (κ1) is 11.5. The summed E-state index contributed by atoms with van der Waals surface area (Å²) < 4.78 is 52.6. The molecule has 1 rings (SSSR count). The van der Waals surface area contributed by atoms with E-state index in [-0.39, 0.29) is 9.45 Å². The number of hydrogen-bond acceptors (Lipinski definition) is 2. The summed E-state index contributed by atoms with van der Waals surface area (Å²) in [6, 6.07) is 2.35.